The van der Waals surface area contributed by atoms with Crippen LogP contribution in [-0.2, 0) is 0 Å². The maximum atomic E-state index is 5.45. The van der Waals surface area contributed by atoms with Crippen molar-refractivity contribution in [2.45, 2.75) is 33.7 Å². The van der Waals surface area contributed by atoms with E-state index in [-0.39, 0.29) is 6.04 Å². The molecular weight excluding hydrogens is 236 g/mol. The monoisotopic (exact) mass is 258 g/mol. The van der Waals surface area contributed by atoms with E-state index < -0.39 is 0 Å². The molecule has 0 saturated carbocycles. The Labute approximate surface area is 115 Å². The zero-order chi connectivity index (χ0) is 14.0. The summed E-state index contributed by atoms with van der Waals surface area (Å²) in [5.41, 5.74) is 8.34. The van der Waals surface area contributed by atoms with Gasteiger partial charge in [-0.05, 0) is 45.9 Å². The van der Waals surface area contributed by atoms with Crippen molar-refractivity contribution >= 4 is 0 Å². The molecule has 0 fully saturated rings. The highest BCUT2D eigenvalue weighted by molar-refractivity contribution is 5.40. The first-order valence-electron chi connectivity index (χ1n) is 6.59. The lowest BCUT2D eigenvalue weighted by atomic mass is 10.0. The van der Waals surface area contributed by atoms with E-state index in [1.165, 1.54) is 22.5 Å². The van der Waals surface area contributed by atoms with Crippen LogP contribution in [0.4, 0.5) is 0 Å². The topological polar surface area (TPSA) is 26.2 Å². The molecule has 19 heavy (non-hydrogen) atoms. The Morgan fingerprint density at radius 1 is 1.05 bits per heavy atom. The minimum Gasteiger partial charge on any atom is -0.496 e. The molecule has 0 spiro atoms. The summed E-state index contributed by atoms with van der Waals surface area (Å²) in [6.07, 6.45) is 0. The van der Waals surface area contributed by atoms with Gasteiger partial charge in [-0.3, -0.25) is 4.68 Å². The molecule has 1 N–H and O–H groups in total. The molecule has 1 heterocycles. The van der Waals surface area contributed by atoms with Crippen LogP contribution < -0.4 is 10.2 Å². The molecule has 2 rings (SSSR count). The van der Waals surface area contributed by atoms with Gasteiger partial charge in [0, 0.05) is 17.0 Å². The molecule has 1 atom stereocenters. The van der Waals surface area contributed by atoms with Gasteiger partial charge >= 0.3 is 0 Å². The largest absolute Gasteiger partial charge is 0.496 e. The highest BCUT2D eigenvalue weighted by atomic mass is 16.5. The first-order valence-corrected chi connectivity index (χ1v) is 6.59. The average molecular weight is 258 g/mol. The molecule has 0 aliphatic carbocycles. The third kappa shape index (κ3) is 2.75. The molecule has 3 heteroatoms. The van der Waals surface area contributed by atoms with Crippen LogP contribution in [0.1, 0.15) is 35.5 Å². The third-order valence-electron chi connectivity index (χ3n) is 3.45. The van der Waals surface area contributed by atoms with Gasteiger partial charge in [-0.15, -0.1) is 0 Å². The van der Waals surface area contributed by atoms with Crippen LogP contribution in [0.3, 0.4) is 0 Å². The Balaban J connectivity index is 2.29. The fraction of sp³-hybridized carbons (Fsp3) is 0.375. The Morgan fingerprint density at radius 2 is 1.68 bits per heavy atom. The summed E-state index contributed by atoms with van der Waals surface area (Å²) in [5.74, 6) is 0.924. The third-order valence-corrected chi connectivity index (χ3v) is 3.45. The van der Waals surface area contributed by atoms with Crippen LogP contribution in [0.25, 0.3) is 0 Å². The van der Waals surface area contributed by atoms with Gasteiger partial charge in [-0.1, -0.05) is 17.7 Å². The molecule has 3 nitrogen and oxygen atoms in total. The summed E-state index contributed by atoms with van der Waals surface area (Å²) in [4.78, 5) is 0. The number of methoxy groups -OCH3 is 1. The van der Waals surface area contributed by atoms with Crippen LogP contribution >= 0.6 is 0 Å². The SMILES string of the molecule is COc1ccc(C)cc1C(C)Nn1c(C)ccc1C. The van der Waals surface area contributed by atoms with Gasteiger partial charge in [0.15, 0.2) is 0 Å². The smallest absolute Gasteiger partial charge is 0.124 e. The van der Waals surface area contributed by atoms with Crippen molar-refractivity contribution in [3.63, 3.8) is 0 Å². The summed E-state index contributed by atoms with van der Waals surface area (Å²) >= 11 is 0. The van der Waals surface area contributed by atoms with Crippen LogP contribution in [0, 0.1) is 20.8 Å². The number of rotatable bonds is 4. The number of ether oxygens (including phenoxy) is 1. The molecule has 1 aromatic carbocycles. The summed E-state index contributed by atoms with van der Waals surface area (Å²) in [6.45, 7) is 8.44. The summed E-state index contributed by atoms with van der Waals surface area (Å²) in [6, 6.07) is 10.7. The fourth-order valence-electron chi connectivity index (χ4n) is 2.33. The molecule has 0 saturated heterocycles. The van der Waals surface area contributed by atoms with Gasteiger partial charge in [0.05, 0.1) is 13.2 Å². The highest BCUT2D eigenvalue weighted by Gasteiger charge is 2.13. The molecule has 102 valence electrons. The minimum atomic E-state index is 0.180. The molecule has 2 aromatic rings. The zero-order valence-electron chi connectivity index (χ0n) is 12.3. The maximum Gasteiger partial charge on any atom is 0.124 e. The predicted octanol–water partition coefficient (Wildman–Crippen LogP) is 3.73. The van der Waals surface area contributed by atoms with Crippen molar-refractivity contribution in [2.24, 2.45) is 0 Å². The van der Waals surface area contributed by atoms with Crippen LogP contribution in [-0.4, -0.2) is 11.8 Å². The van der Waals surface area contributed by atoms with E-state index in [2.05, 4.69) is 62.1 Å². The Morgan fingerprint density at radius 3 is 2.26 bits per heavy atom. The lowest BCUT2D eigenvalue weighted by Gasteiger charge is -2.22. The van der Waals surface area contributed by atoms with E-state index in [9.17, 15) is 0 Å². The number of nitrogens with one attached hydrogen (secondary N) is 1. The van der Waals surface area contributed by atoms with E-state index in [4.69, 9.17) is 4.74 Å². The molecule has 0 aliphatic heterocycles. The predicted molar refractivity (Wildman–Crippen MR) is 79.4 cm³/mol. The second-order valence-corrected chi connectivity index (χ2v) is 5.05. The number of benzene rings is 1. The van der Waals surface area contributed by atoms with Gasteiger partial charge in [-0.2, -0.15) is 0 Å². The number of hydrogen-bond acceptors (Lipinski definition) is 2. The summed E-state index contributed by atoms with van der Waals surface area (Å²) in [7, 11) is 1.72. The molecule has 0 amide bonds. The van der Waals surface area contributed by atoms with Crippen molar-refractivity contribution in [1.82, 2.24) is 4.68 Å². The second kappa shape index (κ2) is 5.39. The summed E-state index contributed by atoms with van der Waals surface area (Å²) in [5, 5.41) is 0. The summed E-state index contributed by atoms with van der Waals surface area (Å²) < 4.78 is 7.57. The van der Waals surface area contributed by atoms with Crippen molar-refractivity contribution in [2.75, 3.05) is 12.5 Å². The van der Waals surface area contributed by atoms with Crippen LogP contribution in [0.5, 0.6) is 5.75 Å². The van der Waals surface area contributed by atoms with Crippen molar-refractivity contribution in [3.8, 4) is 5.75 Å². The molecule has 1 unspecified atom stereocenters. The standard InChI is InChI=1S/C16H22N2O/c1-11-6-9-16(19-5)15(10-11)14(4)17-18-12(2)7-8-13(18)3/h6-10,14,17H,1-5H3. The van der Waals surface area contributed by atoms with Crippen LogP contribution in [0.15, 0.2) is 30.3 Å². The van der Waals surface area contributed by atoms with E-state index in [0.717, 1.165) is 5.75 Å². The molecule has 0 radical (unpaired) electrons. The second-order valence-electron chi connectivity index (χ2n) is 5.05. The first-order chi connectivity index (χ1) is 9.02. The normalized spacial score (nSPS) is 12.3. The average Bonchev–Trinajstić information content (AvgIpc) is 2.70. The molecule has 0 bridgehead atoms. The van der Waals surface area contributed by atoms with Gasteiger partial charge in [0.1, 0.15) is 5.75 Å². The van der Waals surface area contributed by atoms with E-state index in [1.54, 1.807) is 7.11 Å². The molecular formula is C16H22N2O. The number of nitrogens with zero attached hydrogens (tertiary/aromatic N) is 1. The quantitative estimate of drug-likeness (QED) is 0.904. The van der Waals surface area contributed by atoms with Crippen molar-refractivity contribution in [3.05, 3.63) is 52.8 Å². The molecule has 0 aliphatic rings. The number of aryl methyl sites for hydroxylation is 3. The fourth-order valence-corrected chi connectivity index (χ4v) is 2.33. The van der Waals surface area contributed by atoms with E-state index in [1.807, 2.05) is 6.07 Å². The van der Waals surface area contributed by atoms with E-state index >= 15 is 0 Å². The number of hydrogen-bond donors (Lipinski definition) is 1. The van der Waals surface area contributed by atoms with Crippen molar-refractivity contribution in [1.29, 1.82) is 0 Å². The maximum absolute atomic E-state index is 5.45. The van der Waals surface area contributed by atoms with Gasteiger partial charge in [0.25, 0.3) is 0 Å². The number of aromatic nitrogens is 1. The lowest BCUT2D eigenvalue weighted by molar-refractivity contribution is 0.406. The Bertz CT molecular complexity index is 553. The van der Waals surface area contributed by atoms with Gasteiger partial charge < -0.3 is 10.2 Å². The van der Waals surface area contributed by atoms with Crippen molar-refractivity contribution < 1.29 is 4.74 Å². The zero-order valence-corrected chi connectivity index (χ0v) is 12.3. The lowest BCUT2D eigenvalue weighted by Crippen LogP contribution is -2.21. The van der Waals surface area contributed by atoms with Gasteiger partial charge in [0.2, 0.25) is 0 Å². The van der Waals surface area contributed by atoms with Crippen LogP contribution in [0.2, 0.25) is 0 Å². The van der Waals surface area contributed by atoms with E-state index in [0.29, 0.717) is 0 Å². The Kier molecular flexibility index (Phi) is 3.84. The van der Waals surface area contributed by atoms with Gasteiger partial charge in [-0.25, -0.2) is 0 Å². The highest BCUT2D eigenvalue weighted by Crippen LogP contribution is 2.27. The molecule has 1 aromatic heterocycles. The first kappa shape index (κ1) is 13.5. The minimum absolute atomic E-state index is 0.180. The Hall–Kier alpha value is -1.90.